The fourth-order valence-corrected chi connectivity index (χ4v) is 2.28. The smallest absolute Gasteiger partial charge is 0.163 e. The van der Waals surface area contributed by atoms with Gasteiger partial charge in [0.1, 0.15) is 17.2 Å². The van der Waals surface area contributed by atoms with Crippen molar-refractivity contribution in [1.82, 2.24) is 0 Å². The molecule has 0 unspecified atom stereocenters. The van der Waals surface area contributed by atoms with E-state index < -0.39 is 0 Å². The molecule has 0 fully saturated rings. The van der Waals surface area contributed by atoms with Crippen molar-refractivity contribution in [2.75, 3.05) is 14.2 Å². The first-order chi connectivity index (χ1) is 12.5. The third kappa shape index (κ3) is 5.34. The standard InChI is InChI=1S/C21H20O5/c1-25-20-4-3-5-21(26-2)19(20)13-12-18(24)14-17(23)11-8-15-6-9-16(22)10-7-15/h3-13,22H,14H2,1-2H3/b11-8+,13-12+. The molecule has 0 bridgehead atoms. The van der Waals surface area contributed by atoms with Gasteiger partial charge in [-0.15, -0.1) is 0 Å². The Morgan fingerprint density at radius 3 is 1.96 bits per heavy atom. The molecule has 5 nitrogen and oxygen atoms in total. The monoisotopic (exact) mass is 352 g/mol. The van der Waals surface area contributed by atoms with Gasteiger partial charge in [-0.05, 0) is 48.1 Å². The van der Waals surface area contributed by atoms with E-state index in [1.807, 2.05) is 0 Å². The van der Waals surface area contributed by atoms with Gasteiger partial charge < -0.3 is 14.6 Å². The first-order valence-electron chi connectivity index (χ1n) is 7.95. The lowest BCUT2D eigenvalue weighted by molar-refractivity contribution is -0.121. The van der Waals surface area contributed by atoms with Crippen LogP contribution in [0.15, 0.2) is 54.6 Å². The molecule has 0 radical (unpaired) electrons. The number of rotatable bonds is 8. The van der Waals surface area contributed by atoms with Crippen LogP contribution in [0.4, 0.5) is 0 Å². The van der Waals surface area contributed by atoms with E-state index in [1.165, 1.54) is 38.5 Å². The van der Waals surface area contributed by atoms with Crippen LogP contribution in [0.2, 0.25) is 0 Å². The Kier molecular flexibility index (Phi) is 6.74. The zero-order chi connectivity index (χ0) is 18.9. The van der Waals surface area contributed by atoms with Crippen molar-refractivity contribution in [3.05, 3.63) is 65.7 Å². The van der Waals surface area contributed by atoms with Crippen LogP contribution in [-0.2, 0) is 9.59 Å². The third-order valence-electron chi connectivity index (χ3n) is 3.61. The molecule has 0 heterocycles. The Balaban J connectivity index is 2.01. The highest BCUT2D eigenvalue weighted by Crippen LogP contribution is 2.29. The molecular weight excluding hydrogens is 332 g/mol. The second-order valence-corrected chi connectivity index (χ2v) is 5.44. The highest BCUT2D eigenvalue weighted by atomic mass is 16.5. The molecule has 0 aliphatic heterocycles. The minimum atomic E-state index is -0.321. The first kappa shape index (κ1) is 19.0. The van der Waals surface area contributed by atoms with Crippen molar-refractivity contribution in [2.45, 2.75) is 6.42 Å². The number of ketones is 2. The van der Waals surface area contributed by atoms with Gasteiger partial charge in [-0.3, -0.25) is 9.59 Å². The van der Waals surface area contributed by atoms with E-state index in [1.54, 1.807) is 42.5 Å². The van der Waals surface area contributed by atoms with E-state index in [-0.39, 0.29) is 23.7 Å². The minimum absolute atomic E-state index is 0.153. The lowest BCUT2D eigenvalue weighted by Gasteiger charge is -2.09. The quantitative estimate of drug-likeness (QED) is 0.580. The molecule has 0 amide bonds. The van der Waals surface area contributed by atoms with Gasteiger partial charge in [0.15, 0.2) is 11.6 Å². The van der Waals surface area contributed by atoms with Crippen molar-refractivity contribution < 1.29 is 24.2 Å². The largest absolute Gasteiger partial charge is 0.508 e. The van der Waals surface area contributed by atoms with Crippen LogP contribution in [0, 0.1) is 0 Å². The molecule has 0 aromatic heterocycles. The second-order valence-electron chi connectivity index (χ2n) is 5.44. The Hall–Kier alpha value is -3.34. The molecule has 1 N–H and O–H groups in total. The normalized spacial score (nSPS) is 11.0. The first-order valence-corrected chi connectivity index (χ1v) is 7.95. The maximum absolute atomic E-state index is 12.0. The van der Waals surface area contributed by atoms with Gasteiger partial charge in [0.2, 0.25) is 0 Å². The van der Waals surface area contributed by atoms with Crippen LogP contribution in [0.25, 0.3) is 12.2 Å². The number of ether oxygens (including phenoxy) is 2. The van der Waals surface area contributed by atoms with Gasteiger partial charge in [-0.1, -0.05) is 24.3 Å². The summed E-state index contributed by atoms with van der Waals surface area (Å²) in [6, 6.07) is 11.7. The van der Waals surface area contributed by atoms with Crippen molar-refractivity contribution in [3.63, 3.8) is 0 Å². The summed E-state index contributed by atoms with van der Waals surface area (Å²) < 4.78 is 10.5. The predicted octanol–water partition coefficient (Wildman–Crippen LogP) is 3.66. The maximum atomic E-state index is 12.0. The van der Waals surface area contributed by atoms with Crippen LogP contribution in [0.5, 0.6) is 17.2 Å². The van der Waals surface area contributed by atoms with E-state index in [4.69, 9.17) is 9.47 Å². The summed E-state index contributed by atoms with van der Waals surface area (Å²) >= 11 is 0. The third-order valence-corrected chi connectivity index (χ3v) is 3.61. The number of benzene rings is 2. The molecule has 2 aromatic carbocycles. The lowest BCUT2D eigenvalue weighted by atomic mass is 10.1. The molecule has 2 aromatic rings. The summed E-state index contributed by atoms with van der Waals surface area (Å²) in [6.07, 6.45) is 5.63. The van der Waals surface area contributed by atoms with Crippen molar-refractivity contribution in [1.29, 1.82) is 0 Å². The molecule has 0 aliphatic rings. The molecule has 0 saturated carbocycles. The number of allylic oxidation sites excluding steroid dienone is 2. The van der Waals surface area contributed by atoms with Crippen molar-refractivity contribution >= 4 is 23.7 Å². The number of hydrogen-bond acceptors (Lipinski definition) is 5. The number of carbonyl (C=O) groups is 2. The fraction of sp³-hybridized carbons (Fsp3) is 0.143. The van der Waals surface area contributed by atoms with Crippen LogP contribution in [0.3, 0.4) is 0 Å². The average molecular weight is 352 g/mol. The number of methoxy groups -OCH3 is 2. The molecule has 0 aliphatic carbocycles. The van der Waals surface area contributed by atoms with Crippen LogP contribution in [0.1, 0.15) is 17.5 Å². The number of phenols is 1. The van der Waals surface area contributed by atoms with Crippen LogP contribution in [-0.4, -0.2) is 30.9 Å². The fourth-order valence-electron chi connectivity index (χ4n) is 2.28. The summed E-state index contributed by atoms with van der Waals surface area (Å²) in [5, 5.41) is 9.22. The summed E-state index contributed by atoms with van der Waals surface area (Å²) in [5.41, 5.74) is 1.40. The van der Waals surface area contributed by atoms with Gasteiger partial charge >= 0.3 is 0 Å². The van der Waals surface area contributed by atoms with E-state index in [0.29, 0.717) is 17.1 Å². The van der Waals surface area contributed by atoms with Crippen LogP contribution < -0.4 is 9.47 Å². The minimum Gasteiger partial charge on any atom is -0.508 e. The molecule has 26 heavy (non-hydrogen) atoms. The zero-order valence-electron chi connectivity index (χ0n) is 14.6. The highest BCUT2D eigenvalue weighted by molar-refractivity contribution is 6.11. The summed E-state index contributed by atoms with van der Waals surface area (Å²) in [7, 11) is 3.07. The number of phenolic OH excluding ortho intramolecular Hbond substituents is 1. The summed E-state index contributed by atoms with van der Waals surface area (Å²) in [4.78, 5) is 23.9. The summed E-state index contributed by atoms with van der Waals surface area (Å²) in [6.45, 7) is 0. The van der Waals surface area contributed by atoms with Gasteiger partial charge in [-0.25, -0.2) is 0 Å². The molecule has 134 valence electrons. The second kappa shape index (κ2) is 9.22. The van der Waals surface area contributed by atoms with Gasteiger partial charge in [-0.2, -0.15) is 0 Å². The Labute approximate surface area is 152 Å². The number of hydrogen-bond donors (Lipinski definition) is 1. The van der Waals surface area contributed by atoms with Crippen LogP contribution >= 0.6 is 0 Å². The number of aromatic hydroxyl groups is 1. The Morgan fingerprint density at radius 1 is 0.885 bits per heavy atom. The molecule has 0 atom stereocenters. The average Bonchev–Trinajstić information content (AvgIpc) is 2.65. The molecule has 0 saturated heterocycles. The van der Waals surface area contributed by atoms with Gasteiger partial charge in [0.05, 0.1) is 26.2 Å². The Bertz CT molecular complexity index is 810. The van der Waals surface area contributed by atoms with E-state index in [9.17, 15) is 14.7 Å². The maximum Gasteiger partial charge on any atom is 0.163 e. The number of carbonyl (C=O) groups excluding carboxylic acids is 2. The van der Waals surface area contributed by atoms with Gasteiger partial charge in [0, 0.05) is 0 Å². The lowest BCUT2D eigenvalue weighted by Crippen LogP contribution is -2.02. The topological polar surface area (TPSA) is 72.8 Å². The van der Waals surface area contributed by atoms with Crippen molar-refractivity contribution in [2.24, 2.45) is 0 Å². The van der Waals surface area contributed by atoms with Gasteiger partial charge in [0.25, 0.3) is 0 Å². The molecule has 2 rings (SSSR count). The molecule has 5 heteroatoms. The SMILES string of the molecule is COc1cccc(OC)c1/C=C/C(=O)CC(=O)/C=C/c1ccc(O)cc1. The molecule has 0 spiro atoms. The highest BCUT2D eigenvalue weighted by Gasteiger charge is 2.08. The zero-order valence-corrected chi connectivity index (χ0v) is 14.6. The molecular formula is C21H20O5. The van der Waals surface area contributed by atoms with E-state index >= 15 is 0 Å². The summed E-state index contributed by atoms with van der Waals surface area (Å²) in [5.74, 6) is 0.678. The van der Waals surface area contributed by atoms with Crippen molar-refractivity contribution in [3.8, 4) is 17.2 Å². The predicted molar refractivity (Wildman–Crippen MR) is 100 cm³/mol. The Morgan fingerprint density at radius 2 is 1.42 bits per heavy atom. The van der Waals surface area contributed by atoms with E-state index in [0.717, 1.165) is 5.56 Å². The van der Waals surface area contributed by atoms with E-state index in [2.05, 4.69) is 0 Å².